The highest BCUT2D eigenvalue weighted by atomic mass is 16.2. The summed E-state index contributed by atoms with van der Waals surface area (Å²) >= 11 is 0. The smallest absolute Gasteiger partial charge is 0.317 e. The Morgan fingerprint density at radius 1 is 1.36 bits per heavy atom. The van der Waals surface area contributed by atoms with Crippen LogP contribution in [0.4, 0.5) is 4.79 Å². The van der Waals surface area contributed by atoms with Gasteiger partial charge in [0.05, 0.1) is 6.07 Å². The lowest BCUT2D eigenvalue weighted by atomic mass is 10.1. The molecule has 0 radical (unpaired) electrons. The molecule has 4 heteroatoms. The summed E-state index contributed by atoms with van der Waals surface area (Å²) in [4.78, 5) is 13.4. The van der Waals surface area contributed by atoms with Crippen LogP contribution in [0.1, 0.15) is 32.1 Å². The molecule has 1 aliphatic heterocycles. The number of carbonyl (C=O) groups is 1. The van der Waals surface area contributed by atoms with Crippen molar-refractivity contribution in [3.05, 3.63) is 0 Å². The van der Waals surface area contributed by atoms with Crippen LogP contribution in [0.3, 0.4) is 0 Å². The molecule has 1 saturated heterocycles. The zero-order valence-electron chi connectivity index (χ0n) is 8.46. The minimum atomic E-state index is 0.0302. The Balaban J connectivity index is 2.11. The first-order valence-electron chi connectivity index (χ1n) is 5.24. The Kier molecular flexibility index (Phi) is 4.84. The number of likely N-dealkylation sites (tertiary alicyclic amines) is 1. The second-order valence-electron chi connectivity index (χ2n) is 3.54. The number of nitrogens with zero attached hydrogens (tertiary/aromatic N) is 2. The van der Waals surface area contributed by atoms with E-state index in [2.05, 4.69) is 11.4 Å². The van der Waals surface area contributed by atoms with Crippen LogP contribution in [-0.2, 0) is 0 Å². The van der Waals surface area contributed by atoms with Gasteiger partial charge in [0.25, 0.3) is 0 Å². The molecule has 1 heterocycles. The van der Waals surface area contributed by atoms with Gasteiger partial charge in [-0.1, -0.05) is 0 Å². The fraction of sp³-hybridized carbons (Fsp3) is 0.800. The van der Waals surface area contributed by atoms with Crippen LogP contribution in [0.5, 0.6) is 0 Å². The van der Waals surface area contributed by atoms with E-state index in [0.717, 1.165) is 32.4 Å². The van der Waals surface area contributed by atoms with E-state index in [1.54, 1.807) is 0 Å². The second kappa shape index (κ2) is 6.25. The van der Waals surface area contributed by atoms with Crippen LogP contribution >= 0.6 is 0 Å². The van der Waals surface area contributed by atoms with Crippen molar-refractivity contribution in [3.8, 4) is 6.07 Å². The van der Waals surface area contributed by atoms with Crippen LogP contribution in [-0.4, -0.2) is 30.6 Å². The third-order valence-corrected chi connectivity index (χ3v) is 2.38. The highest BCUT2D eigenvalue weighted by Gasteiger charge is 2.14. The summed E-state index contributed by atoms with van der Waals surface area (Å²) in [6, 6.07) is 2.09. The van der Waals surface area contributed by atoms with Crippen molar-refractivity contribution in [2.24, 2.45) is 0 Å². The number of hydrogen-bond donors (Lipinski definition) is 1. The summed E-state index contributed by atoms with van der Waals surface area (Å²) in [5.74, 6) is 0. The van der Waals surface area contributed by atoms with Gasteiger partial charge in [0.2, 0.25) is 0 Å². The maximum Gasteiger partial charge on any atom is 0.317 e. The van der Waals surface area contributed by atoms with Gasteiger partial charge in [-0.3, -0.25) is 0 Å². The van der Waals surface area contributed by atoms with Gasteiger partial charge in [-0.2, -0.15) is 5.26 Å². The minimum absolute atomic E-state index is 0.0302. The molecule has 0 atom stereocenters. The lowest BCUT2D eigenvalue weighted by Gasteiger charge is -2.26. The largest absolute Gasteiger partial charge is 0.338 e. The van der Waals surface area contributed by atoms with Gasteiger partial charge in [0, 0.05) is 26.1 Å². The summed E-state index contributed by atoms with van der Waals surface area (Å²) in [6.07, 6.45) is 4.73. The number of nitriles is 1. The van der Waals surface area contributed by atoms with E-state index in [1.807, 2.05) is 4.90 Å². The lowest BCUT2D eigenvalue weighted by Crippen LogP contribution is -2.43. The molecular weight excluding hydrogens is 178 g/mol. The van der Waals surface area contributed by atoms with Crippen LogP contribution in [0, 0.1) is 11.3 Å². The van der Waals surface area contributed by atoms with Crippen LogP contribution < -0.4 is 5.32 Å². The molecule has 0 aromatic rings. The van der Waals surface area contributed by atoms with Crippen LogP contribution in [0.2, 0.25) is 0 Å². The summed E-state index contributed by atoms with van der Waals surface area (Å²) in [6.45, 7) is 2.37. The van der Waals surface area contributed by atoms with E-state index in [0.29, 0.717) is 13.0 Å². The van der Waals surface area contributed by atoms with Gasteiger partial charge in [-0.15, -0.1) is 0 Å². The Hall–Kier alpha value is -1.24. The third-order valence-electron chi connectivity index (χ3n) is 2.38. The number of hydrogen-bond acceptors (Lipinski definition) is 2. The van der Waals surface area contributed by atoms with Crippen molar-refractivity contribution in [2.75, 3.05) is 19.6 Å². The number of nitrogens with one attached hydrogen (secondary N) is 1. The minimum Gasteiger partial charge on any atom is -0.338 e. The number of piperidine rings is 1. The number of unbranched alkanes of at least 4 members (excludes halogenated alkanes) is 1. The van der Waals surface area contributed by atoms with Crippen LogP contribution in [0.25, 0.3) is 0 Å². The number of rotatable bonds is 3. The molecule has 14 heavy (non-hydrogen) atoms. The highest BCUT2D eigenvalue weighted by molar-refractivity contribution is 5.74. The predicted molar refractivity (Wildman–Crippen MR) is 53.7 cm³/mol. The number of amides is 2. The van der Waals surface area contributed by atoms with Crippen molar-refractivity contribution in [3.63, 3.8) is 0 Å². The molecule has 4 nitrogen and oxygen atoms in total. The SMILES string of the molecule is N#CCCCNC(=O)N1CCCCC1. The molecule has 0 aromatic carbocycles. The summed E-state index contributed by atoms with van der Waals surface area (Å²) in [5.41, 5.74) is 0. The van der Waals surface area contributed by atoms with Crippen molar-refractivity contribution in [1.29, 1.82) is 5.26 Å². The van der Waals surface area contributed by atoms with E-state index in [4.69, 9.17) is 5.26 Å². The Morgan fingerprint density at radius 3 is 2.71 bits per heavy atom. The Bertz CT molecular complexity index is 216. The summed E-state index contributed by atoms with van der Waals surface area (Å²) in [5, 5.41) is 11.1. The molecule has 2 amide bonds. The Labute approximate surface area is 84.9 Å². The zero-order chi connectivity index (χ0) is 10.2. The fourth-order valence-electron chi connectivity index (χ4n) is 1.57. The van der Waals surface area contributed by atoms with E-state index in [9.17, 15) is 4.79 Å². The van der Waals surface area contributed by atoms with E-state index >= 15 is 0 Å². The van der Waals surface area contributed by atoms with E-state index in [-0.39, 0.29) is 6.03 Å². The average molecular weight is 195 g/mol. The highest BCUT2D eigenvalue weighted by Crippen LogP contribution is 2.08. The van der Waals surface area contributed by atoms with Crippen LogP contribution in [0.15, 0.2) is 0 Å². The first-order valence-corrected chi connectivity index (χ1v) is 5.24. The number of urea groups is 1. The van der Waals surface area contributed by atoms with Gasteiger partial charge in [0.1, 0.15) is 0 Å². The second-order valence-corrected chi connectivity index (χ2v) is 3.54. The first-order chi connectivity index (χ1) is 6.84. The predicted octanol–water partition coefficient (Wildman–Crippen LogP) is 1.49. The monoisotopic (exact) mass is 195 g/mol. The summed E-state index contributed by atoms with van der Waals surface area (Å²) in [7, 11) is 0. The third kappa shape index (κ3) is 3.65. The molecule has 1 fully saturated rings. The van der Waals surface area contributed by atoms with E-state index < -0.39 is 0 Å². The maximum absolute atomic E-state index is 11.5. The molecule has 1 aliphatic rings. The average Bonchev–Trinajstić information content (AvgIpc) is 2.25. The van der Waals surface area contributed by atoms with Crippen molar-refractivity contribution in [1.82, 2.24) is 10.2 Å². The summed E-state index contributed by atoms with van der Waals surface area (Å²) < 4.78 is 0. The number of carbonyl (C=O) groups excluding carboxylic acids is 1. The van der Waals surface area contributed by atoms with Gasteiger partial charge in [-0.25, -0.2) is 4.79 Å². The fourth-order valence-corrected chi connectivity index (χ4v) is 1.57. The maximum atomic E-state index is 11.5. The topological polar surface area (TPSA) is 56.1 Å². The Morgan fingerprint density at radius 2 is 2.07 bits per heavy atom. The van der Waals surface area contributed by atoms with Gasteiger partial charge in [-0.05, 0) is 25.7 Å². The molecule has 78 valence electrons. The first kappa shape index (κ1) is 10.8. The van der Waals surface area contributed by atoms with Gasteiger partial charge in [0.15, 0.2) is 0 Å². The molecule has 0 spiro atoms. The lowest BCUT2D eigenvalue weighted by molar-refractivity contribution is 0.186. The standard InChI is InChI=1S/C10H17N3O/c11-6-2-3-7-12-10(14)13-8-4-1-5-9-13/h1-5,7-9H2,(H,12,14). The quantitative estimate of drug-likeness (QED) is 0.693. The van der Waals surface area contributed by atoms with Crippen molar-refractivity contribution < 1.29 is 4.79 Å². The van der Waals surface area contributed by atoms with Crippen molar-refractivity contribution >= 4 is 6.03 Å². The molecule has 1 N–H and O–H groups in total. The van der Waals surface area contributed by atoms with Gasteiger partial charge >= 0.3 is 6.03 Å². The van der Waals surface area contributed by atoms with Gasteiger partial charge < -0.3 is 10.2 Å². The molecule has 1 rings (SSSR count). The normalized spacial score (nSPS) is 16.1. The molecule has 0 saturated carbocycles. The van der Waals surface area contributed by atoms with Crippen molar-refractivity contribution in [2.45, 2.75) is 32.1 Å². The molecular formula is C10H17N3O. The zero-order valence-corrected chi connectivity index (χ0v) is 8.46. The molecule has 0 aromatic heterocycles. The molecule has 0 unspecified atom stereocenters. The van der Waals surface area contributed by atoms with E-state index in [1.165, 1.54) is 6.42 Å². The molecule has 0 bridgehead atoms. The molecule has 0 aliphatic carbocycles.